The van der Waals surface area contributed by atoms with Crippen molar-refractivity contribution in [1.29, 1.82) is 0 Å². The number of rotatable bonds is 5. The molecular weight excluding hydrogens is 326 g/mol. The van der Waals surface area contributed by atoms with E-state index >= 15 is 0 Å². The van der Waals surface area contributed by atoms with E-state index in [0.717, 1.165) is 31.5 Å². The van der Waals surface area contributed by atoms with Crippen molar-refractivity contribution in [2.45, 2.75) is 24.4 Å². The fraction of sp³-hybridized carbons (Fsp3) is 0.438. The largest absolute Gasteiger partial charge is 0.496 e. The van der Waals surface area contributed by atoms with Gasteiger partial charge in [-0.15, -0.1) is 10.2 Å². The lowest BCUT2D eigenvalue weighted by Gasteiger charge is -2.26. The van der Waals surface area contributed by atoms with Gasteiger partial charge in [0, 0.05) is 13.1 Å². The average molecular weight is 347 g/mol. The zero-order valence-corrected chi connectivity index (χ0v) is 14.5. The molecule has 2 heterocycles. The van der Waals surface area contributed by atoms with Gasteiger partial charge in [-0.25, -0.2) is 4.68 Å². The van der Waals surface area contributed by atoms with Gasteiger partial charge >= 0.3 is 0 Å². The Kier molecular flexibility index (Phi) is 5.24. The fourth-order valence-electron chi connectivity index (χ4n) is 2.75. The number of ether oxygens (including phenoxy) is 1. The molecule has 1 aromatic carbocycles. The first-order chi connectivity index (χ1) is 11.7. The number of methoxy groups -OCH3 is 1. The van der Waals surface area contributed by atoms with E-state index < -0.39 is 0 Å². The lowest BCUT2D eigenvalue weighted by Crippen LogP contribution is -2.36. The maximum Gasteiger partial charge on any atom is 0.233 e. The van der Waals surface area contributed by atoms with Crippen LogP contribution in [0.1, 0.15) is 19.3 Å². The number of carbonyl (C=O) groups is 1. The molecule has 24 heavy (non-hydrogen) atoms. The van der Waals surface area contributed by atoms with Gasteiger partial charge in [-0.05, 0) is 31.4 Å². The van der Waals surface area contributed by atoms with Gasteiger partial charge in [-0.1, -0.05) is 23.9 Å². The maximum atomic E-state index is 12.2. The molecule has 1 aliphatic heterocycles. The van der Waals surface area contributed by atoms with Crippen molar-refractivity contribution in [3.05, 3.63) is 24.3 Å². The SMILES string of the molecule is COc1ccccc1-c1nnc(SCC(=O)N2CCCCC2)n1N. The maximum absolute atomic E-state index is 12.2. The summed E-state index contributed by atoms with van der Waals surface area (Å²) in [6.45, 7) is 1.70. The summed E-state index contributed by atoms with van der Waals surface area (Å²) in [5.74, 6) is 7.75. The third-order valence-corrected chi connectivity index (χ3v) is 4.97. The van der Waals surface area contributed by atoms with Crippen molar-refractivity contribution < 1.29 is 9.53 Å². The first-order valence-electron chi connectivity index (χ1n) is 7.95. The zero-order valence-electron chi connectivity index (χ0n) is 13.6. The van der Waals surface area contributed by atoms with Crippen LogP contribution in [0.2, 0.25) is 0 Å². The lowest BCUT2D eigenvalue weighted by molar-refractivity contribution is -0.129. The summed E-state index contributed by atoms with van der Waals surface area (Å²) in [6.07, 6.45) is 3.37. The Morgan fingerprint density at radius 3 is 2.75 bits per heavy atom. The average Bonchev–Trinajstić information content (AvgIpc) is 3.00. The summed E-state index contributed by atoms with van der Waals surface area (Å²) in [5.41, 5.74) is 0.768. The van der Waals surface area contributed by atoms with Gasteiger partial charge in [0.05, 0.1) is 18.4 Å². The number of nitrogens with zero attached hydrogens (tertiary/aromatic N) is 4. The van der Waals surface area contributed by atoms with Crippen LogP contribution in [-0.4, -0.2) is 51.6 Å². The van der Waals surface area contributed by atoms with Gasteiger partial charge in [0.1, 0.15) is 5.75 Å². The number of thioether (sulfide) groups is 1. The van der Waals surface area contributed by atoms with E-state index in [-0.39, 0.29) is 5.91 Å². The number of aromatic nitrogens is 3. The zero-order chi connectivity index (χ0) is 16.9. The van der Waals surface area contributed by atoms with Crippen LogP contribution in [0.3, 0.4) is 0 Å². The topological polar surface area (TPSA) is 86.3 Å². The summed E-state index contributed by atoms with van der Waals surface area (Å²) < 4.78 is 6.75. The number of amides is 1. The second-order valence-corrected chi connectivity index (χ2v) is 6.55. The third-order valence-electron chi connectivity index (χ3n) is 4.05. The van der Waals surface area contributed by atoms with Crippen LogP contribution in [0.5, 0.6) is 5.75 Å². The number of carbonyl (C=O) groups excluding carboxylic acids is 1. The highest BCUT2D eigenvalue weighted by Crippen LogP contribution is 2.29. The van der Waals surface area contributed by atoms with Crippen LogP contribution in [-0.2, 0) is 4.79 Å². The summed E-state index contributed by atoms with van der Waals surface area (Å²) >= 11 is 1.31. The highest BCUT2D eigenvalue weighted by Gasteiger charge is 2.19. The monoisotopic (exact) mass is 347 g/mol. The first kappa shape index (κ1) is 16.6. The molecular formula is C16H21N5O2S. The van der Waals surface area contributed by atoms with Crippen LogP contribution in [0.15, 0.2) is 29.4 Å². The molecule has 128 valence electrons. The van der Waals surface area contributed by atoms with Crippen LogP contribution in [0.4, 0.5) is 0 Å². The molecule has 1 fully saturated rings. The molecule has 2 aromatic rings. The summed E-state index contributed by atoms with van der Waals surface area (Å²) in [7, 11) is 1.60. The third kappa shape index (κ3) is 3.48. The Labute approximate surface area is 145 Å². The predicted octanol–water partition coefficient (Wildman–Crippen LogP) is 1.77. The van der Waals surface area contributed by atoms with Gasteiger partial charge in [-0.3, -0.25) is 4.79 Å². The van der Waals surface area contributed by atoms with Crippen molar-refractivity contribution in [3.8, 4) is 17.1 Å². The van der Waals surface area contributed by atoms with Crippen LogP contribution < -0.4 is 10.6 Å². The van der Waals surface area contributed by atoms with E-state index in [0.29, 0.717) is 22.5 Å². The number of para-hydroxylation sites is 1. The highest BCUT2D eigenvalue weighted by atomic mass is 32.2. The number of benzene rings is 1. The van der Waals surface area contributed by atoms with Gasteiger partial charge in [-0.2, -0.15) is 0 Å². The number of hydrogen-bond acceptors (Lipinski definition) is 6. The molecule has 1 saturated heterocycles. The lowest BCUT2D eigenvalue weighted by atomic mass is 10.1. The van der Waals surface area contributed by atoms with Crippen LogP contribution >= 0.6 is 11.8 Å². The van der Waals surface area contributed by atoms with E-state index in [9.17, 15) is 4.79 Å². The molecule has 0 saturated carbocycles. The smallest absolute Gasteiger partial charge is 0.233 e. The van der Waals surface area contributed by atoms with Crippen LogP contribution in [0.25, 0.3) is 11.4 Å². The minimum absolute atomic E-state index is 0.126. The van der Waals surface area contributed by atoms with Crippen molar-refractivity contribution in [2.75, 3.05) is 31.8 Å². The van der Waals surface area contributed by atoms with Crippen molar-refractivity contribution in [1.82, 2.24) is 19.8 Å². The van der Waals surface area contributed by atoms with E-state index in [1.54, 1.807) is 7.11 Å². The Morgan fingerprint density at radius 2 is 2.00 bits per heavy atom. The molecule has 0 radical (unpaired) electrons. The molecule has 3 rings (SSSR count). The van der Waals surface area contributed by atoms with Crippen molar-refractivity contribution in [2.24, 2.45) is 0 Å². The quantitative estimate of drug-likeness (QED) is 0.655. The minimum atomic E-state index is 0.126. The fourth-order valence-corrected chi connectivity index (χ4v) is 3.51. The van der Waals surface area contributed by atoms with E-state index in [2.05, 4.69) is 10.2 Å². The molecule has 8 heteroatoms. The minimum Gasteiger partial charge on any atom is -0.496 e. The molecule has 1 amide bonds. The Morgan fingerprint density at radius 1 is 1.25 bits per heavy atom. The second kappa shape index (κ2) is 7.57. The molecule has 0 atom stereocenters. The first-order valence-corrected chi connectivity index (χ1v) is 8.93. The number of likely N-dealkylation sites (tertiary alicyclic amines) is 1. The second-order valence-electron chi connectivity index (χ2n) is 5.61. The standard InChI is InChI=1S/C16H21N5O2S/c1-23-13-8-4-3-7-12(13)15-18-19-16(21(15)17)24-11-14(22)20-9-5-2-6-10-20/h3-4,7-8H,2,5-6,9-11,17H2,1H3. The van der Waals surface area contributed by atoms with Crippen LogP contribution in [0, 0.1) is 0 Å². The molecule has 1 aromatic heterocycles. The van der Waals surface area contributed by atoms with Gasteiger partial charge in [0.2, 0.25) is 11.1 Å². The molecule has 2 N–H and O–H groups in total. The number of nitrogens with two attached hydrogens (primary N) is 1. The summed E-state index contributed by atoms with van der Waals surface area (Å²) in [4.78, 5) is 14.2. The molecule has 0 aliphatic carbocycles. The molecule has 1 aliphatic rings. The Hall–Kier alpha value is -2.22. The number of nitrogen functional groups attached to an aromatic ring is 1. The van der Waals surface area contributed by atoms with E-state index in [1.807, 2.05) is 29.2 Å². The van der Waals surface area contributed by atoms with E-state index in [4.69, 9.17) is 10.6 Å². The summed E-state index contributed by atoms with van der Waals surface area (Å²) in [6, 6.07) is 7.49. The number of hydrogen-bond donors (Lipinski definition) is 1. The van der Waals surface area contributed by atoms with E-state index in [1.165, 1.54) is 22.9 Å². The Bertz CT molecular complexity index is 712. The Balaban J connectivity index is 1.70. The van der Waals surface area contributed by atoms with Gasteiger partial charge in [0.15, 0.2) is 5.82 Å². The highest BCUT2D eigenvalue weighted by molar-refractivity contribution is 7.99. The molecule has 0 bridgehead atoms. The molecule has 0 spiro atoms. The summed E-state index contributed by atoms with van der Waals surface area (Å²) in [5, 5.41) is 8.77. The van der Waals surface area contributed by atoms with Crippen molar-refractivity contribution >= 4 is 17.7 Å². The van der Waals surface area contributed by atoms with Gasteiger partial charge in [0.25, 0.3) is 0 Å². The molecule has 7 nitrogen and oxygen atoms in total. The predicted molar refractivity (Wildman–Crippen MR) is 93.3 cm³/mol. The van der Waals surface area contributed by atoms with Crippen molar-refractivity contribution in [3.63, 3.8) is 0 Å². The molecule has 0 unspecified atom stereocenters. The normalized spacial score (nSPS) is 14.6. The van der Waals surface area contributed by atoms with Gasteiger partial charge < -0.3 is 15.5 Å². The number of piperidine rings is 1.